The van der Waals surface area contributed by atoms with Crippen LogP contribution in [0.1, 0.15) is 22.5 Å². The first-order chi connectivity index (χ1) is 16.7. The highest BCUT2D eigenvalue weighted by Gasteiger charge is 2.27. The maximum Gasteiger partial charge on any atom is 0.171 e. The summed E-state index contributed by atoms with van der Waals surface area (Å²) in [6.45, 7) is 3.47. The number of aliphatic imine (C=N–C) groups is 1. The summed E-state index contributed by atoms with van der Waals surface area (Å²) < 4.78 is 24.6. The van der Waals surface area contributed by atoms with E-state index < -0.39 is 0 Å². The van der Waals surface area contributed by atoms with Crippen LogP contribution < -0.4 is 20.6 Å². The van der Waals surface area contributed by atoms with Crippen molar-refractivity contribution >= 4 is 17.6 Å². The van der Waals surface area contributed by atoms with Crippen LogP contribution in [0.5, 0.6) is 5.75 Å². The lowest BCUT2D eigenvalue weighted by Gasteiger charge is -2.20. The standard InChI is InChI=1S/C25H20FN7O/c1-14-9-17-23-19(10-27-12-32(14)23)16-3-2-7-28-22(16)25(33-13-30-31-24(17)33)29-11-18-15-6-8-34-21(15)5-4-20(18)26/h2-5,7,9-10,13,29H,6,8,11-12H2,1H3. The van der Waals surface area contributed by atoms with Gasteiger partial charge in [-0.05, 0) is 31.2 Å². The first-order valence-corrected chi connectivity index (χ1v) is 11.2. The molecule has 3 aliphatic heterocycles. The maximum atomic E-state index is 14.9. The monoisotopic (exact) mass is 453 g/mol. The molecule has 9 heteroatoms. The summed E-state index contributed by atoms with van der Waals surface area (Å²) in [4.78, 5) is 9.33. The van der Waals surface area contributed by atoms with Gasteiger partial charge in [-0.1, -0.05) is 6.07 Å². The van der Waals surface area contributed by atoms with E-state index in [1.54, 1.807) is 18.6 Å². The highest BCUT2D eigenvalue weighted by Crippen LogP contribution is 2.33. The number of ether oxygens (including phenoxy) is 1. The number of pyridine rings is 1. The number of nitrogens with zero attached hydrogens (tertiary/aromatic N) is 6. The summed E-state index contributed by atoms with van der Waals surface area (Å²) in [7, 11) is 0. The second-order valence-corrected chi connectivity index (χ2v) is 8.57. The van der Waals surface area contributed by atoms with Crippen LogP contribution in [0.15, 0.2) is 47.8 Å². The fraction of sp³-hybridized carbons (Fsp3) is 0.200. The molecular formula is C25H20FN7O. The molecular weight excluding hydrogens is 433 g/mol. The van der Waals surface area contributed by atoms with Gasteiger partial charge in [-0.15, -0.1) is 10.2 Å². The number of aromatic nitrogens is 5. The van der Waals surface area contributed by atoms with Crippen molar-refractivity contribution in [3.63, 3.8) is 0 Å². The molecule has 0 spiro atoms. The SMILES string of the molecule is Cc1cc2c3n1CN=CC3=c1cccnc1=C(NCc1c(F)ccc3c1CCO3)n1cnnc1-2. The minimum Gasteiger partial charge on any atom is -0.493 e. The lowest BCUT2D eigenvalue weighted by atomic mass is 10.0. The molecule has 3 aliphatic rings. The number of aryl methyl sites for hydroxylation is 1. The molecule has 0 atom stereocenters. The second-order valence-electron chi connectivity index (χ2n) is 8.57. The molecule has 1 N–H and O–H groups in total. The lowest BCUT2D eigenvalue weighted by molar-refractivity contribution is 0.356. The van der Waals surface area contributed by atoms with E-state index in [9.17, 15) is 4.39 Å². The Kier molecular flexibility index (Phi) is 4.02. The number of benzene rings is 1. The number of hydrogen-bond donors (Lipinski definition) is 1. The van der Waals surface area contributed by atoms with Gasteiger partial charge in [-0.25, -0.2) is 4.39 Å². The zero-order chi connectivity index (χ0) is 22.8. The molecule has 0 fully saturated rings. The van der Waals surface area contributed by atoms with Gasteiger partial charge in [0.25, 0.3) is 0 Å². The second kappa shape index (κ2) is 7.11. The minimum absolute atomic E-state index is 0.253. The molecule has 34 heavy (non-hydrogen) atoms. The first-order valence-electron chi connectivity index (χ1n) is 11.2. The van der Waals surface area contributed by atoms with Gasteiger partial charge in [0.1, 0.15) is 35.7 Å². The number of rotatable bonds is 3. The average molecular weight is 453 g/mol. The van der Waals surface area contributed by atoms with Gasteiger partial charge in [-0.3, -0.25) is 14.5 Å². The van der Waals surface area contributed by atoms with Crippen LogP contribution in [-0.4, -0.2) is 37.1 Å². The van der Waals surface area contributed by atoms with Crippen molar-refractivity contribution in [2.75, 3.05) is 6.61 Å². The molecule has 0 bridgehead atoms. The predicted octanol–water partition coefficient (Wildman–Crippen LogP) is 1.48. The van der Waals surface area contributed by atoms with Gasteiger partial charge >= 0.3 is 0 Å². The summed E-state index contributed by atoms with van der Waals surface area (Å²) in [6, 6.07) is 9.24. The van der Waals surface area contributed by atoms with Gasteiger partial charge < -0.3 is 14.6 Å². The molecule has 0 unspecified atom stereocenters. The summed E-state index contributed by atoms with van der Waals surface area (Å²) in [5.41, 5.74) is 5.62. The van der Waals surface area contributed by atoms with E-state index in [-0.39, 0.29) is 12.4 Å². The summed E-state index contributed by atoms with van der Waals surface area (Å²) in [5.74, 6) is 1.89. The topological polar surface area (TPSA) is 82.1 Å². The molecule has 7 rings (SSSR count). The van der Waals surface area contributed by atoms with Gasteiger partial charge in [0.05, 0.1) is 12.3 Å². The van der Waals surface area contributed by atoms with Crippen molar-refractivity contribution in [1.82, 2.24) is 29.6 Å². The Morgan fingerprint density at radius 3 is 3.12 bits per heavy atom. The Morgan fingerprint density at radius 1 is 1.24 bits per heavy atom. The highest BCUT2D eigenvalue weighted by molar-refractivity contribution is 6.12. The zero-order valence-corrected chi connectivity index (χ0v) is 18.4. The third kappa shape index (κ3) is 2.63. The van der Waals surface area contributed by atoms with Crippen molar-refractivity contribution in [2.24, 2.45) is 4.99 Å². The van der Waals surface area contributed by atoms with Crippen LogP contribution in [0.4, 0.5) is 4.39 Å². The quantitative estimate of drug-likeness (QED) is 0.508. The summed E-state index contributed by atoms with van der Waals surface area (Å²) in [6.07, 6.45) is 6.03. The largest absolute Gasteiger partial charge is 0.493 e. The average Bonchev–Trinajstić information content (AvgIpc) is 3.59. The van der Waals surface area contributed by atoms with Crippen molar-refractivity contribution in [1.29, 1.82) is 0 Å². The Morgan fingerprint density at radius 2 is 2.18 bits per heavy atom. The fourth-order valence-electron chi connectivity index (χ4n) is 5.15. The van der Waals surface area contributed by atoms with Crippen LogP contribution in [-0.2, 0) is 19.6 Å². The van der Waals surface area contributed by atoms with Gasteiger partial charge in [0, 0.05) is 58.6 Å². The molecule has 4 aromatic rings. The van der Waals surface area contributed by atoms with Gasteiger partial charge in [0.15, 0.2) is 5.82 Å². The zero-order valence-electron chi connectivity index (χ0n) is 18.4. The molecule has 0 radical (unpaired) electrons. The molecule has 1 aromatic carbocycles. The number of halogens is 1. The third-order valence-corrected chi connectivity index (χ3v) is 6.73. The molecule has 8 nitrogen and oxygen atoms in total. The van der Waals surface area contributed by atoms with Crippen LogP contribution >= 0.6 is 0 Å². The predicted molar refractivity (Wildman–Crippen MR) is 124 cm³/mol. The molecule has 0 amide bonds. The molecule has 3 aromatic heterocycles. The van der Waals surface area contributed by atoms with Crippen molar-refractivity contribution < 1.29 is 9.13 Å². The van der Waals surface area contributed by atoms with Crippen LogP contribution in [0, 0.1) is 12.7 Å². The van der Waals surface area contributed by atoms with Crippen molar-refractivity contribution in [3.05, 3.63) is 81.8 Å². The third-order valence-electron chi connectivity index (χ3n) is 6.73. The normalized spacial score (nSPS) is 15.1. The van der Waals surface area contributed by atoms with Crippen LogP contribution in [0.3, 0.4) is 0 Å². The molecule has 168 valence electrons. The van der Waals surface area contributed by atoms with Gasteiger partial charge in [0.2, 0.25) is 0 Å². The maximum absolute atomic E-state index is 14.9. The molecule has 6 heterocycles. The van der Waals surface area contributed by atoms with Gasteiger partial charge in [-0.2, -0.15) is 0 Å². The van der Waals surface area contributed by atoms with E-state index in [0.717, 1.165) is 44.4 Å². The van der Waals surface area contributed by atoms with E-state index >= 15 is 0 Å². The van der Waals surface area contributed by atoms with Crippen molar-refractivity contribution in [2.45, 2.75) is 26.6 Å². The van der Waals surface area contributed by atoms with E-state index in [4.69, 9.17) is 9.72 Å². The molecule has 0 saturated heterocycles. The Hall–Kier alpha value is -4.27. The Balaban J connectivity index is 1.49. The Labute approximate surface area is 193 Å². The van der Waals surface area contributed by atoms with Crippen LogP contribution in [0.25, 0.3) is 22.8 Å². The number of hydrogen-bond acceptors (Lipinski definition) is 6. The lowest BCUT2D eigenvalue weighted by Crippen LogP contribution is -2.40. The van der Waals surface area contributed by atoms with E-state index in [0.29, 0.717) is 36.9 Å². The molecule has 0 saturated carbocycles. The summed E-state index contributed by atoms with van der Waals surface area (Å²) in [5, 5.41) is 13.8. The van der Waals surface area contributed by atoms with E-state index in [1.165, 1.54) is 6.07 Å². The summed E-state index contributed by atoms with van der Waals surface area (Å²) >= 11 is 0. The van der Waals surface area contributed by atoms with Crippen molar-refractivity contribution in [3.8, 4) is 17.1 Å². The minimum atomic E-state index is -0.253. The Bertz CT molecular complexity index is 1650. The van der Waals surface area contributed by atoms with E-state index in [2.05, 4.69) is 38.1 Å². The van der Waals surface area contributed by atoms with Crippen LogP contribution in [0.2, 0.25) is 0 Å². The number of fused-ring (bicyclic) bond motifs is 4. The highest BCUT2D eigenvalue weighted by atomic mass is 19.1. The first kappa shape index (κ1) is 19.2. The molecule has 0 aliphatic carbocycles. The van der Waals surface area contributed by atoms with E-state index in [1.807, 2.05) is 22.9 Å². The number of nitrogens with one attached hydrogen (secondary N) is 1. The smallest absolute Gasteiger partial charge is 0.171 e. The fourth-order valence-corrected chi connectivity index (χ4v) is 5.15.